The monoisotopic (exact) mass is 535 g/mol. The number of piperidine rings is 1. The van der Waals surface area contributed by atoms with E-state index in [1.807, 2.05) is 0 Å². The van der Waals surface area contributed by atoms with Crippen LogP contribution in [0.2, 0.25) is 0 Å². The van der Waals surface area contributed by atoms with Crippen LogP contribution in [0.4, 0.5) is 35.1 Å². The van der Waals surface area contributed by atoms with E-state index in [9.17, 15) is 53.1 Å². The Hall–Kier alpha value is -2.01. The Morgan fingerprint density at radius 3 is 1.94 bits per heavy atom. The predicted molar refractivity (Wildman–Crippen MR) is 96.8 cm³/mol. The molecule has 1 rings (SSSR count). The standard InChI is InChI=1S/C17H21F8NO7S/c1-11(18)12(27)33-15(16(21,22)23,13(28)26-8-4-2-5-9-26)32-10-6-3-7-14(19,20)17(24,25)34(29,30)31/h1-10H2,(H,29,30,31). The van der Waals surface area contributed by atoms with Crippen LogP contribution in [0.1, 0.15) is 38.5 Å². The number of hydrogen-bond donors (Lipinski definition) is 1. The molecule has 1 aliphatic heterocycles. The summed E-state index contributed by atoms with van der Waals surface area (Å²) in [5, 5.41) is -5.88. The van der Waals surface area contributed by atoms with Crippen LogP contribution in [0.15, 0.2) is 12.4 Å². The molecule has 0 aromatic heterocycles. The Balaban J connectivity index is 3.05. The summed E-state index contributed by atoms with van der Waals surface area (Å²) in [4.78, 5) is 24.8. The average Bonchev–Trinajstić information content (AvgIpc) is 2.70. The van der Waals surface area contributed by atoms with E-state index >= 15 is 0 Å². The second-order valence-corrected chi connectivity index (χ2v) is 8.73. The van der Waals surface area contributed by atoms with Gasteiger partial charge in [-0.3, -0.25) is 9.35 Å². The number of ether oxygens (including phenoxy) is 2. The Morgan fingerprint density at radius 2 is 1.50 bits per heavy atom. The largest absolute Gasteiger partial charge is 0.466 e. The molecule has 1 N–H and O–H groups in total. The molecule has 1 atom stereocenters. The van der Waals surface area contributed by atoms with Crippen molar-refractivity contribution in [1.82, 2.24) is 4.90 Å². The van der Waals surface area contributed by atoms with E-state index in [-0.39, 0.29) is 13.1 Å². The van der Waals surface area contributed by atoms with Gasteiger partial charge in [-0.1, -0.05) is 6.58 Å². The predicted octanol–water partition coefficient (Wildman–Crippen LogP) is 3.59. The third kappa shape index (κ3) is 6.56. The summed E-state index contributed by atoms with van der Waals surface area (Å²) in [6.45, 7) is 0.802. The first kappa shape index (κ1) is 30.0. The van der Waals surface area contributed by atoms with Gasteiger partial charge in [-0.25, -0.2) is 4.79 Å². The molecular weight excluding hydrogens is 514 g/mol. The highest BCUT2D eigenvalue weighted by molar-refractivity contribution is 7.87. The maximum atomic E-state index is 13.9. The number of nitrogens with zero attached hydrogens (tertiary/aromatic N) is 1. The molecule has 1 fully saturated rings. The van der Waals surface area contributed by atoms with Gasteiger partial charge in [0.15, 0.2) is 0 Å². The molecule has 0 radical (unpaired) electrons. The van der Waals surface area contributed by atoms with Crippen LogP contribution >= 0.6 is 0 Å². The van der Waals surface area contributed by atoms with Crippen molar-refractivity contribution in [2.24, 2.45) is 0 Å². The summed E-state index contributed by atoms with van der Waals surface area (Å²) < 4.78 is 146. The summed E-state index contributed by atoms with van der Waals surface area (Å²) in [7, 11) is -6.51. The van der Waals surface area contributed by atoms with Crippen molar-refractivity contribution < 1.29 is 67.2 Å². The number of carbonyl (C=O) groups excluding carboxylic acids is 2. The molecule has 0 aliphatic carbocycles. The Bertz CT molecular complexity index is 872. The number of carbonyl (C=O) groups is 2. The lowest BCUT2D eigenvalue weighted by Crippen LogP contribution is -2.63. The minimum atomic E-state index is -6.51. The summed E-state index contributed by atoms with van der Waals surface area (Å²) in [5.74, 6) is -15.9. The third-order valence-corrected chi connectivity index (χ3v) is 5.64. The van der Waals surface area contributed by atoms with Crippen LogP contribution in [0.3, 0.4) is 0 Å². The van der Waals surface area contributed by atoms with Crippen LogP contribution in [0.25, 0.3) is 0 Å². The smallest absolute Gasteiger partial charge is 0.410 e. The van der Waals surface area contributed by atoms with E-state index in [1.54, 1.807) is 0 Å². The molecule has 0 bridgehead atoms. The first-order chi connectivity index (χ1) is 15.3. The quantitative estimate of drug-likeness (QED) is 0.108. The number of alkyl halides is 7. The second-order valence-electron chi connectivity index (χ2n) is 7.26. The van der Waals surface area contributed by atoms with Gasteiger partial charge >= 0.3 is 45.1 Å². The van der Waals surface area contributed by atoms with Gasteiger partial charge in [-0.05, 0) is 32.1 Å². The summed E-state index contributed by atoms with van der Waals surface area (Å²) in [5.41, 5.74) is 0. The van der Waals surface area contributed by atoms with Gasteiger partial charge in [0, 0.05) is 19.5 Å². The minimum Gasteiger partial charge on any atom is -0.410 e. The maximum Gasteiger partial charge on any atom is 0.466 e. The number of esters is 1. The average molecular weight is 535 g/mol. The van der Waals surface area contributed by atoms with E-state index < -0.39 is 76.8 Å². The van der Waals surface area contributed by atoms with Crippen molar-refractivity contribution in [2.75, 3.05) is 19.7 Å². The first-order valence-corrected chi connectivity index (χ1v) is 11.0. The Kier molecular flexibility index (Phi) is 9.47. The molecule has 1 aliphatic rings. The van der Waals surface area contributed by atoms with E-state index in [2.05, 4.69) is 16.1 Å². The number of amides is 1. The summed E-state index contributed by atoms with van der Waals surface area (Å²) in [6, 6.07) is 0. The zero-order valence-electron chi connectivity index (χ0n) is 17.3. The van der Waals surface area contributed by atoms with Crippen molar-refractivity contribution in [3.05, 3.63) is 12.4 Å². The van der Waals surface area contributed by atoms with E-state index in [4.69, 9.17) is 4.55 Å². The van der Waals surface area contributed by atoms with Gasteiger partial charge < -0.3 is 14.4 Å². The number of hydrogen-bond acceptors (Lipinski definition) is 6. The minimum absolute atomic E-state index is 0.189. The SMILES string of the molecule is C=C(F)C(=O)OC(OCCCCC(F)(F)C(F)(F)S(=O)(=O)O)(C(=O)N1CCCCC1)C(F)(F)F. The van der Waals surface area contributed by atoms with Gasteiger partial charge in [0.25, 0.3) is 0 Å². The fourth-order valence-corrected chi connectivity index (χ4v) is 3.37. The lowest BCUT2D eigenvalue weighted by molar-refractivity contribution is -0.351. The van der Waals surface area contributed by atoms with Gasteiger partial charge in [0.1, 0.15) is 0 Å². The van der Waals surface area contributed by atoms with Crippen LogP contribution in [0, 0.1) is 0 Å². The summed E-state index contributed by atoms with van der Waals surface area (Å²) >= 11 is 0. The second kappa shape index (κ2) is 10.7. The van der Waals surface area contributed by atoms with Crippen LogP contribution in [0.5, 0.6) is 0 Å². The fourth-order valence-electron chi connectivity index (χ4n) is 2.89. The van der Waals surface area contributed by atoms with Crippen molar-refractivity contribution >= 4 is 22.0 Å². The van der Waals surface area contributed by atoms with Gasteiger partial charge in [-0.2, -0.15) is 43.5 Å². The van der Waals surface area contributed by atoms with Crippen molar-refractivity contribution in [1.29, 1.82) is 0 Å². The lowest BCUT2D eigenvalue weighted by Gasteiger charge is -2.38. The molecule has 0 aromatic rings. The first-order valence-electron chi connectivity index (χ1n) is 9.60. The fraction of sp³-hybridized carbons (Fsp3) is 0.765. The lowest BCUT2D eigenvalue weighted by atomic mass is 10.1. The molecule has 1 amide bonds. The molecule has 1 saturated heterocycles. The molecule has 1 heterocycles. The van der Waals surface area contributed by atoms with Gasteiger partial charge in [-0.15, -0.1) is 0 Å². The van der Waals surface area contributed by atoms with Crippen LogP contribution < -0.4 is 0 Å². The molecule has 198 valence electrons. The van der Waals surface area contributed by atoms with Crippen LogP contribution in [-0.2, 0) is 29.2 Å². The van der Waals surface area contributed by atoms with Crippen molar-refractivity contribution in [2.45, 2.75) is 61.7 Å². The molecule has 34 heavy (non-hydrogen) atoms. The Morgan fingerprint density at radius 1 is 0.971 bits per heavy atom. The highest BCUT2D eigenvalue weighted by atomic mass is 32.2. The van der Waals surface area contributed by atoms with Crippen LogP contribution in [-0.4, -0.2) is 72.6 Å². The highest BCUT2D eigenvalue weighted by Crippen LogP contribution is 2.42. The number of unbranched alkanes of at least 4 members (excludes halogenated alkanes) is 1. The molecular formula is C17H21F8NO7S. The molecule has 8 nitrogen and oxygen atoms in total. The van der Waals surface area contributed by atoms with E-state index in [0.29, 0.717) is 24.2 Å². The van der Waals surface area contributed by atoms with Crippen molar-refractivity contribution in [3.8, 4) is 0 Å². The number of halogens is 8. The molecule has 0 aromatic carbocycles. The van der Waals surface area contributed by atoms with E-state index in [1.165, 1.54) is 0 Å². The molecule has 17 heteroatoms. The zero-order valence-corrected chi connectivity index (χ0v) is 18.2. The topological polar surface area (TPSA) is 110 Å². The maximum absolute atomic E-state index is 13.9. The molecule has 0 saturated carbocycles. The Labute approximate surface area is 188 Å². The molecule has 0 spiro atoms. The van der Waals surface area contributed by atoms with Crippen molar-refractivity contribution in [3.63, 3.8) is 0 Å². The van der Waals surface area contributed by atoms with Gasteiger partial charge in [0.05, 0.1) is 6.61 Å². The highest BCUT2D eigenvalue weighted by Gasteiger charge is 2.68. The zero-order chi connectivity index (χ0) is 26.6. The summed E-state index contributed by atoms with van der Waals surface area (Å²) in [6.07, 6.45) is -8.50. The normalized spacial score (nSPS) is 17.7. The van der Waals surface area contributed by atoms with E-state index in [0.717, 1.165) is 0 Å². The third-order valence-electron chi connectivity index (χ3n) is 4.70. The number of likely N-dealkylation sites (tertiary alicyclic amines) is 1. The number of rotatable bonds is 11. The molecule has 1 unspecified atom stereocenters. The van der Waals surface area contributed by atoms with Gasteiger partial charge in [0.2, 0.25) is 5.83 Å².